The molecule has 0 aliphatic heterocycles. The highest BCUT2D eigenvalue weighted by Crippen LogP contribution is 2.25. The number of aromatic amines is 2. The van der Waals surface area contributed by atoms with Gasteiger partial charge < -0.3 is 4.98 Å². The second-order valence-corrected chi connectivity index (χ2v) is 4.49. The molecule has 0 aliphatic rings. The molecule has 84 valence electrons. The van der Waals surface area contributed by atoms with Gasteiger partial charge in [0, 0.05) is 0 Å². The lowest BCUT2D eigenvalue weighted by molar-refractivity contribution is 0.783. The number of fused-ring (bicyclic) bond motifs is 2. The highest BCUT2D eigenvalue weighted by atomic mass is 15.5. The summed E-state index contributed by atoms with van der Waals surface area (Å²) in [6, 6.07) is 4.23. The van der Waals surface area contributed by atoms with E-state index in [1.54, 1.807) is 4.63 Å². The molecule has 0 atom stereocenters. The van der Waals surface area contributed by atoms with Gasteiger partial charge in [0.15, 0.2) is 11.5 Å². The fraction of sp³-hybridized carbons (Fsp3) is 0.167. The third-order valence-electron chi connectivity index (χ3n) is 3.27. The van der Waals surface area contributed by atoms with Crippen molar-refractivity contribution >= 4 is 16.6 Å². The predicted octanol–water partition coefficient (Wildman–Crippen LogP) is 2.26. The van der Waals surface area contributed by atoms with Crippen molar-refractivity contribution in [2.75, 3.05) is 0 Å². The molecule has 0 unspecified atom stereocenters. The minimum absolute atomic E-state index is 0.823. The van der Waals surface area contributed by atoms with Crippen molar-refractivity contribution in [3.8, 4) is 11.5 Å². The molecule has 4 heterocycles. The van der Waals surface area contributed by atoms with Gasteiger partial charge in [0.25, 0.3) is 0 Å². The van der Waals surface area contributed by atoms with E-state index in [0.29, 0.717) is 0 Å². The van der Waals surface area contributed by atoms with Crippen LogP contribution in [-0.4, -0.2) is 24.8 Å². The molecule has 5 rings (SSSR count). The standard InChI is InChI=1S/C12H11N5/c1-6-3-8-9(4-7(6)2)14-12(13-8)11-10-5-17(15-10)16-11/h3-5,15H,1-2H3,(H,13,14). The molecular weight excluding hydrogens is 214 g/mol. The largest absolute Gasteiger partial charge is 0.337 e. The quantitative estimate of drug-likeness (QED) is 0.522. The molecule has 2 bridgehead atoms. The lowest BCUT2D eigenvalue weighted by Gasteiger charge is -1.97. The minimum atomic E-state index is 0.823. The van der Waals surface area contributed by atoms with Crippen molar-refractivity contribution in [2.45, 2.75) is 13.8 Å². The van der Waals surface area contributed by atoms with Crippen LogP contribution in [0.2, 0.25) is 0 Å². The molecule has 5 nitrogen and oxygen atoms in total. The van der Waals surface area contributed by atoms with E-state index in [4.69, 9.17) is 0 Å². The number of benzene rings is 1. The van der Waals surface area contributed by atoms with Gasteiger partial charge >= 0.3 is 0 Å². The van der Waals surface area contributed by atoms with Crippen LogP contribution in [-0.2, 0) is 0 Å². The van der Waals surface area contributed by atoms with Gasteiger partial charge in [-0.25, -0.2) is 4.98 Å². The average Bonchev–Trinajstić information content (AvgIpc) is 2.87. The van der Waals surface area contributed by atoms with Gasteiger partial charge in [0.05, 0.1) is 17.2 Å². The first-order chi connectivity index (χ1) is 8.20. The van der Waals surface area contributed by atoms with E-state index in [0.717, 1.165) is 28.1 Å². The van der Waals surface area contributed by atoms with Crippen LogP contribution in [0.1, 0.15) is 11.1 Å². The Morgan fingerprint density at radius 2 is 1.88 bits per heavy atom. The van der Waals surface area contributed by atoms with Crippen LogP contribution < -0.4 is 0 Å². The summed E-state index contributed by atoms with van der Waals surface area (Å²) in [7, 11) is 0. The van der Waals surface area contributed by atoms with Gasteiger partial charge in [-0.2, -0.15) is 4.63 Å². The summed E-state index contributed by atoms with van der Waals surface area (Å²) in [5, 5.41) is 7.39. The number of hydrogen-bond donors (Lipinski definition) is 2. The number of H-pyrrole nitrogens is 2. The molecule has 0 spiro atoms. The fourth-order valence-corrected chi connectivity index (χ4v) is 2.13. The van der Waals surface area contributed by atoms with E-state index in [1.807, 2.05) is 6.20 Å². The van der Waals surface area contributed by atoms with Crippen LogP contribution in [0.25, 0.3) is 28.1 Å². The molecule has 1 aromatic carbocycles. The number of rotatable bonds is 1. The number of nitrogens with zero attached hydrogens (tertiary/aromatic N) is 3. The Morgan fingerprint density at radius 1 is 1.12 bits per heavy atom. The van der Waals surface area contributed by atoms with Crippen LogP contribution >= 0.6 is 0 Å². The third kappa shape index (κ3) is 1.08. The molecule has 5 heteroatoms. The van der Waals surface area contributed by atoms with E-state index in [-0.39, 0.29) is 0 Å². The summed E-state index contributed by atoms with van der Waals surface area (Å²) in [6.07, 6.45) is 1.94. The number of hydrogen-bond acceptors (Lipinski definition) is 2. The number of aryl methyl sites for hydroxylation is 2. The van der Waals surface area contributed by atoms with Crippen LogP contribution in [0.4, 0.5) is 0 Å². The number of imidazole rings is 1. The van der Waals surface area contributed by atoms with Crippen molar-refractivity contribution in [2.24, 2.45) is 0 Å². The van der Waals surface area contributed by atoms with Gasteiger partial charge in [0.1, 0.15) is 5.52 Å². The van der Waals surface area contributed by atoms with E-state index < -0.39 is 0 Å². The summed E-state index contributed by atoms with van der Waals surface area (Å²) >= 11 is 0. The van der Waals surface area contributed by atoms with Gasteiger partial charge in [-0.1, -0.05) is 0 Å². The van der Waals surface area contributed by atoms with E-state index in [2.05, 4.69) is 46.1 Å². The molecule has 0 aliphatic carbocycles. The molecule has 5 aromatic rings. The van der Waals surface area contributed by atoms with Crippen molar-refractivity contribution in [3.05, 3.63) is 29.5 Å². The van der Waals surface area contributed by atoms with Gasteiger partial charge in [-0.15, -0.1) is 5.10 Å². The number of aromatic nitrogens is 5. The lowest BCUT2D eigenvalue weighted by Crippen LogP contribution is -1.89. The molecular formula is C12H11N5. The Hall–Kier alpha value is -2.30. The molecule has 4 aromatic heterocycles. The van der Waals surface area contributed by atoms with E-state index >= 15 is 0 Å². The van der Waals surface area contributed by atoms with Gasteiger partial charge in [-0.05, 0) is 37.1 Å². The summed E-state index contributed by atoms with van der Waals surface area (Å²) < 4.78 is 1.69. The smallest absolute Gasteiger partial charge is 0.161 e. The van der Waals surface area contributed by atoms with Crippen LogP contribution in [0.5, 0.6) is 0 Å². The van der Waals surface area contributed by atoms with Crippen molar-refractivity contribution in [3.63, 3.8) is 0 Å². The summed E-state index contributed by atoms with van der Waals surface area (Å²) in [4.78, 5) is 7.89. The van der Waals surface area contributed by atoms with Crippen LogP contribution in [0.15, 0.2) is 18.3 Å². The van der Waals surface area contributed by atoms with E-state index in [1.165, 1.54) is 11.1 Å². The van der Waals surface area contributed by atoms with E-state index in [9.17, 15) is 0 Å². The van der Waals surface area contributed by atoms with Crippen molar-refractivity contribution in [1.82, 2.24) is 24.8 Å². The lowest BCUT2D eigenvalue weighted by atomic mass is 10.1. The molecule has 0 fully saturated rings. The maximum Gasteiger partial charge on any atom is 0.161 e. The first-order valence-corrected chi connectivity index (χ1v) is 5.55. The first kappa shape index (κ1) is 8.81. The molecule has 0 radical (unpaired) electrons. The first-order valence-electron chi connectivity index (χ1n) is 5.55. The number of nitrogens with one attached hydrogen (secondary N) is 2. The Bertz CT molecular complexity index is 762. The van der Waals surface area contributed by atoms with Crippen molar-refractivity contribution < 1.29 is 0 Å². The minimum Gasteiger partial charge on any atom is -0.337 e. The monoisotopic (exact) mass is 225 g/mol. The van der Waals surface area contributed by atoms with Gasteiger partial charge in [0.2, 0.25) is 0 Å². The van der Waals surface area contributed by atoms with Crippen LogP contribution in [0.3, 0.4) is 0 Å². The van der Waals surface area contributed by atoms with Gasteiger partial charge in [-0.3, -0.25) is 5.10 Å². The highest BCUT2D eigenvalue weighted by Gasteiger charge is 2.15. The molecule has 17 heavy (non-hydrogen) atoms. The normalized spacial score (nSPS) is 12.1. The molecule has 0 amide bonds. The highest BCUT2D eigenvalue weighted by molar-refractivity contribution is 5.83. The Morgan fingerprint density at radius 3 is 2.59 bits per heavy atom. The fourth-order valence-electron chi connectivity index (χ4n) is 2.13. The SMILES string of the molecule is Cc1cc2nc(-c3nn4cc3[nH]4)[nH]c2cc1C. The maximum atomic E-state index is 4.58. The Labute approximate surface area is 96.8 Å². The Kier molecular flexibility index (Phi) is 1.39. The second-order valence-electron chi connectivity index (χ2n) is 4.49. The Balaban J connectivity index is 1.99. The topological polar surface area (TPSA) is 61.8 Å². The average molecular weight is 225 g/mol. The zero-order valence-electron chi connectivity index (χ0n) is 9.57. The summed E-state index contributed by atoms with van der Waals surface area (Å²) in [6.45, 7) is 4.21. The van der Waals surface area contributed by atoms with Crippen LogP contribution in [0, 0.1) is 13.8 Å². The summed E-state index contributed by atoms with van der Waals surface area (Å²) in [5.41, 5.74) is 6.49. The zero-order chi connectivity index (χ0) is 11.6. The summed E-state index contributed by atoms with van der Waals surface area (Å²) in [5.74, 6) is 0.823. The molecule has 2 N–H and O–H groups in total. The van der Waals surface area contributed by atoms with Crippen molar-refractivity contribution in [1.29, 1.82) is 0 Å². The predicted molar refractivity (Wildman–Crippen MR) is 65.3 cm³/mol. The maximum absolute atomic E-state index is 4.58. The molecule has 0 saturated carbocycles. The third-order valence-corrected chi connectivity index (χ3v) is 3.27. The molecule has 0 saturated heterocycles. The zero-order valence-corrected chi connectivity index (χ0v) is 9.57. The second kappa shape index (κ2) is 2.68.